The second kappa shape index (κ2) is 7.78. The maximum atomic E-state index is 13.1. The highest BCUT2D eigenvalue weighted by atomic mass is 16.6. The van der Waals surface area contributed by atoms with Gasteiger partial charge in [-0.05, 0) is 37.5 Å². The quantitative estimate of drug-likeness (QED) is 0.482. The van der Waals surface area contributed by atoms with E-state index in [9.17, 15) is 14.9 Å². The molecule has 2 fully saturated rings. The summed E-state index contributed by atoms with van der Waals surface area (Å²) < 4.78 is 1.79. The molecular formula is C21H21N7O3. The lowest BCUT2D eigenvalue weighted by Crippen LogP contribution is -2.32. The summed E-state index contributed by atoms with van der Waals surface area (Å²) in [5.74, 6) is 1.79. The average Bonchev–Trinajstić information content (AvgIpc) is 3.37. The highest BCUT2D eigenvalue weighted by Gasteiger charge is 2.34. The number of rotatable bonds is 6. The number of carbonyl (C=O) groups is 1. The normalized spacial score (nSPS) is 18.2. The molecule has 10 nitrogen and oxygen atoms in total. The second-order valence-corrected chi connectivity index (χ2v) is 7.86. The Hall–Kier alpha value is -3.82. The Labute approximate surface area is 178 Å². The molecule has 1 atom stereocenters. The van der Waals surface area contributed by atoms with Crippen molar-refractivity contribution < 1.29 is 9.72 Å². The van der Waals surface area contributed by atoms with Gasteiger partial charge in [0.25, 0.3) is 11.6 Å². The lowest BCUT2D eigenvalue weighted by Gasteiger charge is -2.15. The smallest absolute Gasteiger partial charge is 0.293 e. The van der Waals surface area contributed by atoms with E-state index in [2.05, 4.69) is 20.4 Å². The fourth-order valence-electron chi connectivity index (χ4n) is 3.77. The fraction of sp³-hybridized carbons (Fsp3) is 0.333. The van der Waals surface area contributed by atoms with E-state index >= 15 is 0 Å². The number of para-hydroxylation sites is 1. The summed E-state index contributed by atoms with van der Waals surface area (Å²) in [7, 11) is 0. The molecule has 10 heteroatoms. The van der Waals surface area contributed by atoms with Crippen LogP contribution in [0.25, 0.3) is 5.69 Å². The predicted octanol–water partition coefficient (Wildman–Crippen LogP) is 2.77. The number of benzene rings is 1. The zero-order valence-corrected chi connectivity index (χ0v) is 16.7. The SMILES string of the molecule is O=C(c1nc(C2CC2)n(-c2ccccc2)n1)N1CCC(Nc2ccc([N+](=O)[O-])cn2)C1. The molecule has 1 N–H and O–H groups in total. The van der Waals surface area contributed by atoms with Crippen LogP contribution in [-0.2, 0) is 0 Å². The summed E-state index contributed by atoms with van der Waals surface area (Å²) in [6.07, 6.45) is 4.10. The van der Waals surface area contributed by atoms with E-state index in [4.69, 9.17) is 0 Å². The summed E-state index contributed by atoms with van der Waals surface area (Å²) in [5, 5.41) is 18.5. The van der Waals surface area contributed by atoms with Gasteiger partial charge in [0.15, 0.2) is 0 Å². The van der Waals surface area contributed by atoms with E-state index in [-0.39, 0.29) is 23.5 Å². The average molecular weight is 419 g/mol. The maximum Gasteiger partial charge on any atom is 0.293 e. The van der Waals surface area contributed by atoms with E-state index in [1.54, 1.807) is 15.6 Å². The van der Waals surface area contributed by atoms with Gasteiger partial charge in [-0.25, -0.2) is 14.6 Å². The number of nitrogens with one attached hydrogen (secondary N) is 1. The number of carbonyl (C=O) groups excluding carboxylic acids is 1. The minimum Gasteiger partial charge on any atom is -0.365 e. The summed E-state index contributed by atoms with van der Waals surface area (Å²) in [5.41, 5.74) is 0.849. The van der Waals surface area contributed by atoms with Gasteiger partial charge in [0.2, 0.25) is 5.82 Å². The summed E-state index contributed by atoms with van der Waals surface area (Å²) in [4.78, 5) is 33.8. The number of nitrogens with zero attached hydrogens (tertiary/aromatic N) is 6. The van der Waals surface area contributed by atoms with Crippen molar-refractivity contribution in [2.75, 3.05) is 18.4 Å². The molecule has 2 aromatic heterocycles. The molecule has 0 bridgehead atoms. The molecule has 2 aliphatic rings. The molecule has 0 radical (unpaired) electrons. The first-order valence-electron chi connectivity index (χ1n) is 10.3. The Morgan fingerprint density at radius 1 is 1.13 bits per heavy atom. The van der Waals surface area contributed by atoms with Crippen LogP contribution in [-0.4, -0.2) is 54.6 Å². The number of nitro groups is 1. The molecule has 1 aliphatic carbocycles. The molecule has 1 amide bonds. The lowest BCUT2D eigenvalue weighted by molar-refractivity contribution is -0.385. The molecule has 1 saturated carbocycles. The summed E-state index contributed by atoms with van der Waals surface area (Å²) >= 11 is 0. The molecular weight excluding hydrogens is 398 g/mol. The molecule has 0 spiro atoms. The van der Waals surface area contributed by atoms with E-state index in [0.717, 1.165) is 30.8 Å². The summed E-state index contributed by atoms with van der Waals surface area (Å²) in [6, 6.07) is 12.7. The molecule has 5 rings (SSSR count). The number of pyridine rings is 1. The first-order chi connectivity index (χ1) is 15.1. The van der Waals surface area contributed by atoms with Crippen molar-refractivity contribution >= 4 is 17.4 Å². The van der Waals surface area contributed by atoms with Gasteiger partial charge in [-0.15, -0.1) is 5.10 Å². The van der Waals surface area contributed by atoms with Crippen LogP contribution >= 0.6 is 0 Å². The fourth-order valence-corrected chi connectivity index (χ4v) is 3.77. The monoisotopic (exact) mass is 419 g/mol. The zero-order valence-electron chi connectivity index (χ0n) is 16.7. The Balaban J connectivity index is 1.28. The lowest BCUT2D eigenvalue weighted by atomic mass is 10.2. The molecule has 1 aliphatic heterocycles. The Bertz CT molecular complexity index is 1110. The molecule has 158 valence electrons. The number of hydrogen-bond acceptors (Lipinski definition) is 7. The van der Waals surface area contributed by atoms with Crippen LogP contribution in [0.4, 0.5) is 11.5 Å². The van der Waals surface area contributed by atoms with Crippen molar-refractivity contribution in [3.8, 4) is 5.69 Å². The molecule has 3 aromatic rings. The van der Waals surface area contributed by atoms with Crippen molar-refractivity contribution in [2.45, 2.75) is 31.2 Å². The third-order valence-electron chi connectivity index (χ3n) is 5.55. The summed E-state index contributed by atoms with van der Waals surface area (Å²) in [6.45, 7) is 1.08. The largest absolute Gasteiger partial charge is 0.365 e. The van der Waals surface area contributed by atoms with Crippen LogP contribution in [0.5, 0.6) is 0 Å². The Morgan fingerprint density at radius 3 is 2.61 bits per heavy atom. The van der Waals surface area contributed by atoms with Gasteiger partial charge >= 0.3 is 0 Å². The molecule has 1 unspecified atom stereocenters. The van der Waals surface area contributed by atoms with Gasteiger partial charge in [0, 0.05) is 31.1 Å². The number of anilines is 1. The molecule has 3 heterocycles. The maximum absolute atomic E-state index is 13.1. The van der Waals surface area contributed by atoms with E-state index < -0.39 is 4.92 Å². The van der Waals surface area contributed by atoms with Crippen LogP contribution in [0.2, 0.25) is 0 Å². The van der Waals surface area contributed by atoms with E-state index in [0.29, 0.717) is 24.8 Å². The minimum absolute atomic E-state index is 0.0111. The van der Waals surface area contributed by atoms with Crippen LogP contribution < -0.4 is 5.32 Å². The van der Waals surface area contributed by atoms with Crippen LogP contribution in [0.15, 0.2) is 48.7 Å². The van der Waals surface area contributed by atoms with Gasteiger partial charge in [0.1, 0.15) is 17.8 Å². The Morgan fingerprint density at radius 2 is 1.94 bits per heavy atom. The standard InChI is InChI=1S/C21H21N7O3/c29-21(19-24-20(14-6-7-14)27(25-19)16-4-2-1-3-5-16)26-11-10-15(13-26)23-18-9-8-17(12-22-18)28(30)31/h1-5,8-9,12,14-15H,6-7,10-11,13H2,(H,22,23). The number of amides is 1. The zero-order chi connectivity index (χ0) is 21.4. The van der Waals surface area contributed by atoms with Crippen molar-refractivity contribution in [3.05, 3.63) is 70.4 Å². The highest BCUT2D eigenvalue weighted by molar-refractivity contribution is 5.90. The van der Waals surface area contributed by atoms with Crippen molar-refractivity contribution in [3.63, 3.8) is 0 Å². The van der Waals surface area contributed by atoms with Crippen LogP contribution in [0.3, 0.4) is 0 Å². The van der Waals surface area contributed by atoms with Gasteiger partial charge in [-0.1, -0.05) is 18.2 Å². The third-order valence-corrected chi connectivity index (χ3v) is 5.55. The number of likely N-dealkylation sites (tertiary alicyclic amines) is 1. The highest BCUT2D eigenvalue weighted by Crippen LogP contribution is 2.39. The van der Waals surface area contributed by atoms with Crippen molar-refractivity contribution in [1.29, 1.82) is 0 Å². The topological polar surface area (TPSA) is 119 Å². The first-order valence-corrected chi connectivity index (χ1v) is 10.3. The minimum atomic E-state index is -0.482. The van der Waals surface area contributed by atoms with E-state index in [1.807, 2.05) is 30.3 Å². The predicted molar refractivity (Wildman–Crippen MR) is 112 cm³/mol. The van der Waals surface area contributed by atoms with E-state index in [1.165, 1.54) is 12.3 Å². The molecule has 31 heavy (non-hydrogen) atoms. The first kappa shape index (κ1) is 19.2. The van der Waals surface area contributed by atoms with Crippen LogP contribution in [0.1, 0.15) is 41.6 Å². The number of hydrogen-bond donors (Lipinski definition) is 1. The van der Waals surface area contributed by atoms with Gasteiger partial charge < -0.3 is 10.2 Å². The van der Waals surface area contributed by atoms with Crippen LogP contribution in [0, 0.1) is 10.1 Å². The third kappa shape index (κ3) is 3.96. The van der Waals surface area contributed by atoms with Gasteiger partial charge in [-0.2, -0.15) is 0 Å². The molecule has 1 saturated heterocycles. The van der Waals surface area contributed by atoms with Crippen molar-refractivity contribution in [2.24, 2.45) is 0 Å². The number of aromatic nitrogens is 4. The van der Waals surface area contributed by atoms with Crippen molar-refractivity contribution in [1.82, 2.24) is 24.6 Å². The van der Waals surface area contributed by atoms with Gasteiger partial charge in [0.05, 0.1) is 10.6 Å². The molecule has 1 aromatic carbocycles. The Kier molecular flexibility index (Phi) is 4.81. The second-order valence-electron chi connectivity index (χ2n) is 7.86. The van der Waals surface area contributed by atoms with Gasteiger partial charge in [-0.3, -0.25) is 14.9 Å².